The molecule has 0 saturated heterocycles. The monoisotopic (exact) mass is 411 g/mol. The number of carbonyl (C=O) groups is 1. The van der Waals surface area contributed by atoms with Gasteiger partial charge in [-0.05, 0) is 38.1 Å². The Morgan fingerprint density at radius 3 is 2.76 bits per heavy atom. The van der Waals surface area contributed by atoms with Crippen LogP contribution in [0.4, 0.5) is 0 Å². The summed E-state index contributed by atoms with van der Waals surface area (Å²) in [5.41, 5.74) is 2.42. The number of benzene rings is 2. The molecule has 1 aliphatic heterocycles. The van der Waals surface area contributed by atoms with Crippen LogP contribution in [0.3, 0.4) is 0 Å². The number of nitrogens with zero attached hydrogens (tertiary/aromatic N) is 3. The molecule has 4 rings (SSSR count). The molecule has 0 radical (unpaired) electrons. The molecule has 2 aromatic carbocycles. The molecule has 2 N–H and O–H groups in total. The van der Waals surface area contributed by atoms with Crippen LogP contribution >= 0.6 is 0 Å². The lowest BCUT2D eigenvalue weighted by molar-refractivity contribution is -0.121. The maximum Gasteiger partial charge on any atom is 0.263 e. The van der Waals surface area contributed by atoms with Gasteiger partial charge in [-0.1, -0.05) is 24.3 Å². The number of fused-ring (bicyclic) bond motifs is 2. The number of aryl methyl sites for hydroxylation is 1. The van der Waals surface area contributed by atoms with Gasteiger partial charge in [0.1, 0.15) is 17.7 Å². The van der Waals surface area contributed by atoms with Crippen molar-refractivity contribution in [1.82, 2.24) is 19.6 Å². The van der Waals surface area contributed by atoms with Crippen molar-refractivity contribution < 1.29 is 13.2 Å². The van der Waals surface area contributed by atoms with Gasteiger partial charge in [-0.25, -0.2) is 13.4 Å². The highest BCUT2D eigenvalue weighted by molar-refractivity contribution is 7.90. The second kappa shape index (κ2) is 7.32. The number of rotatable bonds is 5. The predicted octanol–water partition coefficient (Wildman–Crippen LogP) is 1.59. The van der Waals surface area contributed by atoms with E-state index in [1.807, 2.05) is 35.8 Å². The molecule has 0 saturated carbocycles. The number of imidazole rings is 1. The number of hydrogen-bond acceptors (Lipinski definition) is 5. The van der Waals surface area contributed by atoms with Gasteiger partial charge in [-0.3, -0.25) is 14.5 Å². The molecule has 8 nitrogen and oxygen atoms in total. The highest BCUT2D eigenvalue weighted by Gasteiger charge is 2.31. The molecule has 1 amide bonds. The summed E-state index contributed by atoms with van der Waals surface area (Å²) in [4.78, 5) is 21.4. The lowest BCUT2D eigenvalue weighted by atomic mass is 10.2. The fraction of sp³-hybridized carbons (Fsp3) is 0.250. The van der Waals surface area contributed by atoms with E-state index in [1.165, 1.54) is 6.07 Å². The zero-order valence-electron chi connectivity index (χ0n) is 16.1. The first-order valence-corrected chi connectivity index (χ1v) is 10.7. The second-order valence-electron chi connectivity index (χ2n) is 6.85. The second-order valence-corrected chi connectivity index (χ2v) is 8.50. The zero-order chi connectivity index (χ0) is 20.6. The summed E-state index contributed by atoms with van der Waals surface area (Å²) in [6.07, 6.45) is 0. The van der Waals surface area contributed by atoms with Gasteiger partial charge in [-0.15, -0.1) is 0 Å². The van der Waals surface area contributed by atoms with Crippen LogP contribution in [0.15, 0.2) is 58.4 Å². The Balaban J connectivity index is 1.43. The van der Waals surface area contributed by atoms with E-state index >= 15 is 0 Å². The van der Waals surface area contributed by atoms with Crippen molar-refractivity contribution in [2.24, 2.45) is 4.99 Å². The fourth-order valence-corrected chi connectivity index (χ4v) is 4.64. The van der Waals surface area contributed by atoms with Gasteiger partial charge in [0.25, 0.3) is 10.0 Å². The quantitative estimate of drug-likeness (QED) is 0.665. The van der Waals surface area contributed by atoms with Crippen LogP contribution in [0.2, 0.25) is 0 Å². The van der Waals surface area contributed by atoms with Crippen LogP contribution in [-0.2, 0) is 21.4 Å². The first-order chi connectivity index (χ1) is 13.9. The number of aromatic nitrogens is 2. The topological polar surface area (TPSA) is 105 Å². The SMILES string of the molecule is Cc1nc2ccccc2n1CCNC(=O)[C@H](C)N=C1NS(=O)(=O)c2ccccc21. The van der Waals surface area contributed by atoms with Crippen molar-refractivity contribution in [2.45, 2.75) is 31.3 Å². The number of amidine groups is 1. The number of sulfonamides is 1. The van der Waals surface area contributed by atoms with E-state index in [-0.39, 0.29) is 16.6 Å². The predicted molar refractivity (Wildman–Crippen MR) is 110 cm³/mol. The highest BCUT2D eigenvalue weighted by Crippen LogP contribution is 2.22. The van der Waals surface area contributed by atoms with E-state index in [0.717, 1.165) is 16.9 Å². The minimum Gasteiger partial charge on any atom is -0.352 e. The molecule has 2 heterocycles. The van der Waals surface area contributed by atoms with Crippen molar-refractivity contribution in [3.8, 4) is 0 Å². The van der Waals surface area contributed by atoms with E-state index in [1.54, 1.807) is 25.1 Å². The molecule has 0 aliphatic carbocycles. The summed E-state index contributed by atoms with van der Waals surface area (Å²) >= 11 is 0. The van der Waals surface area contributed by atoms with Crippen LogP contribution in [0.25, 0.3) is 11.0 Å². The summed E-state index contributed by atoms with van der Waals surface area (Å²) in [6, 6.07) is 13.7. The minimum absolute atomic E-state index is 0.175. The molecule has 9 heteroatoms. The number of amides is 1. The Morgan fingerprint density at radius 1 is 1.21 bits per heavy atom. The summed E-state index contributed by atoms with van der Waals surface area (Å²) in [5.74, 6) is 0.800. The molecule has 0 unspecified atom stereocenters. The number of nitrogens with one attached hydrogen (secondary N) is 2. The molecular formula is C20H21N5O3S. The van der Waals surface area contributed by atoms with Crippen LogP contribution in [-0.4, -0.2) is 42.3 Å². The highest BCUT2D eigenvalue weighted by atomic mass is 32.2. The molecule has 0 fully saturated rings. The van der Waals surface area contributed by atoms with Crippen molar-refractivity contribution in [2.75, 3.05) is 6.54 Å². The summed E-state index contributed by atoms with van der Waals surface area (Å²) in [5, 5.41) is 2.86. The fourth-order valence-electron chi connectivity index (χ4n) is 3.40. The van der Waals surface area contributed by atoms with E-state index in [2.05, 4.69) is 20.0 Å². The first-order valence-electron chi connectivity index (χ1n) is 9.26. The van der Waals surface area contributed by atoms with Gasteiger partial charge < -0.3 is 9.88 Å². The van der Waals surface area contributed by atoms with Crippen LogP contribution < -0.4 is 10.0 Å². The third-order valence-electron chi connectivity index (χ3n) is 4.84. The molecule has 3 aromatic rings. The Morgan fingerprint density at radius 2 is 1.93 bits per heavy atom. The average Bonchev–Trinajstić information content (AvgIpc) is 3.15. The smallest absolute Gasteiger partial charge is 0.263 e. The molecule has 0 spiro atoms. The molecule has 1 aromatic heterocycles. The normalized spacial score (nSPS) is 17.1. The van der Waals surface area contributed by atoms with E-state index in [9.17, 15) is 13.2 Å². The van der Waals surface area contributed by atoms with Crippen molar-refractivity contribution in [1.29, 1.82) is 0 Å². The maximum atomic E-state index is 12.5. The molecule has 1 atom stereocenters. The maximum absolute atomic E-state index is 12.5. The van der Waals surface area contributed by atoms with Crippen molar-refractivity contribution >= 4 is 32.8 Å². The average molecular weight is 411 g/mol. The lowest BCUT2D eigenvalue weighted by Crippen LogP contribution is -2.35. The van der Waals surface area contributed by atoms with Gasteiger partial charge in [0.15, 0.2) is 0 Å². The van der Waals surface area contributed by atoms with Gasteiger partial charge in [0, 0.05) is 18.7 Å². The van der Waals surface area contributed by atoms with E-state index < -0.39 is 16.1 Å². The van der Waals surface area contributed by atoms with Crippen molar-refractivity contribution in [3.63, 3.8) is 0 Å². The lowest BCUT2D eigenvalue weighted by Gasteiger charge is -2.11. The molecule has 1 aliphatic rings. The number of hydrogen-bond donors (Lipinski definition) is 2. The minimum atomic E-state index is -3.62. The Hall–Kier alpha value is -3.20. The number of para-hydroxylation sites is 2. The number of aliphatic imine (C=N–C) groups is 1. The molecule has 0 bridgehead atoms. The summed E-state index contributed by atoms with van der Waals surface area (Å²) < 4.78 is 28.8. The van der Waals surface area contributed by atoms with E-state index in [0.29, 0.717) is 18.7 Å². The van der Waals surface area contributed by atoms with Crippen LogP contribution in [0.1, 0.15) is 18.3 Å². The van der Waals surface area contributed by atoms with Gasteiger partial charge >= 0.3 is 0 Å². The van der Waals surface area contributed by atoms with Crippen LogP contribution in [0, 0.1) is 6.92 Å². The van der Waals surface area contributed by atoms with Gasteiger partial charge in [-0.2, -0.15) is 0 Å². The van der Waals surface area contributed by atoms with Gasteiger partial charge in [0.2, 0.25) is 5.91 Å². The van der Waals surface area contributed by atoms with Crippen molar-refractivity contribution in [3.05, 3.63) is 59.9 Å². The Labute approximate surface area is 168 Å². The third-order valence-corrected chi connectivity index (χ3v) is 6.24. The largest absolute Gasteiger partial charge is 0.352 e. The third kappa shape index (κ3) is 3.61. The molecular weight excluding hydrogens is 390 g/mol. The standard InChI is InChI=1S/C20H21N5O3S/c1-13(22-19-15-7-3-6-10-18(15)29(27,28)24-19)20(26)21-11-12-25-14(2)23-16-8-4-5-9-17(16)25/h3-10,13H,11-12H2,1-2H3,(H,21,26)(H,22,24)/t13-/m0/s1. The van der Waals surface area contributed by atoms with Crippen LogP contribution in [0.5, 0.6) is 0 Å². The summed E-state index contributed by atoms with van der Waals surface area (Å²) in [6.45, 7) is 4.56. The molecule has 150 valence electrons. The Kier molecular flexibility index (Phi) is 4.83. The van der Waals surface area contributed by atoms with E-state index in [4.69, 9.17) is 0 Å². The molecule has 29 heavy (non-hydrogen) atoms. The number of carbonyl (C=O) groups excluding carboxylic acids is 1. The van der Waals surface area contributed by atoms with Gasteiger partial charge in [0.05, 0.1) is 15.9 Å². The Bertz CT molecular complexity index is 1230. The first kappa shape index (κ1) is 19.1. The summed E-state index contributed by atoms with van der Waals surface area (Å²) in [7, 11) is -3.62. The zero-order valence-corrected chi connectivity index (χ0v) is 16.9.